The maximum atomic E-state index is 12.1. The molecule has 0 atom stereocenters. The predicted octanol–water partition coefficient (Wildman–Crippen LogP) is 4.86. The number of benzene rings is 2. The second-order valence-corrected chi connectivity index (χ2v) is 8.06. The van der Waals surface area contributed by atoms with Crippen molar-refractivity contribution in [3.8, 4) is 11.3 Å². The second-order valence-electron chi connectivity index (χ2n) is 8.06. The van der Waals surface area contributed by atoms with Crippen LogP contribution in [0.3, 0.4) is 0 Å². The number of fused-ring (bicyclic) bond motifs is 1. The zero-order valence-corrected chi connectivity index (χ0v) is 18.8. The van der Waals surface area contributed by atoms with E-state index < -0.39 is 5.97 Å². The molecule has 0 aliphatic heterocycles. The Morgan fingerprint density at radius 3 is 2.47 bits per heavy atom. The molecule has 174 valence electrons. The van der Waals surface area contributed by atoms with Gasteiger partial charge in [0.2, 0.25) is 5.91 Å². The Hall–Kier alpha value is -4.20. The van der Waals surface area contributed by atoms with E-state index >= 15 is 0 Å². The molecule has 8 nitrogen and oxygen atoms in total. The lowest BCUT2D eigenvalue weighted by Crippen LogP contribution is -2.11. The molecule has 2 heterocycles. The van der Waals surface area contributed by atoms with Gasteiger partial charge in [0, 0.05) is 30.8 Å². The van der Waals surface area contributed by atoms with Crippen molar-refractivity contribution in [3.05, 3.63) is 72.6 Å². The number of hydrogen-bond donors (Lipinski definition) is 4. The Labute approximate surface area is 197 Å². The molecular formula is C26H27N5O3. The fraction of sp³-hybridized carbons (Fsp3) is 0.231. The van der Waals surface area contributed by atoms with Crippen LogP contribution >= 0.6 is 0 Å². The zero-order chi connectivity index (χ0) is 23.8. The Balaban J connectivity index is 1.37. The summed E-state index contributed by atoms with van der Waals surface area (Å²) in [5.41, 5.74) is 4.60. The molecule has 0 spiro atoms. The number of hydrogen-bond acceptors (Lipinski definition) is 5. The predicted molar refractivity (Wildman–Crippen MR) is 133 cm³/mol. The molecule has 0 aliphatic carbocycles. The number of aromatic amines is 1. The van der Waals surface area contributed by atoms with Crippen LogP contribution in [-0.2, 0) is 16.0 Å². The van der Waals surface area contributed by atoms with Crippen LogP contribution in [-0.4, -0.2) is 38.5 Å². The number of carbonyl (C=O) groups is 2. The Morgan fingerprint density at radius 2 is 1.71 bits per heavy atom. The third-order valence-corrected chi connectivity index (χ3v) is 5.50. The highest BCUT2D eigenvalue weighted by molar-refractivity contribution is 5.93. The molecule has 0 bridgehead atoms. The maximum absolute atomic E-state index is 12.1. The number of amides is 1. The van der Waals surface area contributed by atoms with E-state index in [4.69, 9.17) is 5.11 Å². The van der Waals surface area contributed by atoms with Crippen LogP contribution < -0.4 is 10.6 Å². The number of carboxylic acid groups (broad SMARTS) is 1. The van der Waals surface area contributed by atoms with Gasteiger partial charge >= 0.3 is 5.97 Å². The quantitative estimate of drug-likeness (QED) is 0.239. The van der Waals surface area contributed by atoms with E-state index in [2.05, 4.69) is 37.7 Å². The van der Waals surface area contributed by atoms with Crippen molar-refractivity contribution >= 4 is 34.4 Å². The zero-order valence-electron chi connectivity index (χ0n) is 18.8. The molecule has 0 unspecified atom stereocenters. The SMILES string of the molecule is O=C(O)CCCCC(=O)Nc1ccc(-c2cc3c(NCCc4ccccc4)ncnc3[nH]2)cc1. The molecule has 4 N–H and O–H groups in total. The van der Waals surface area contributed by atoms with Crippen LogP contribution in [0.1, 0.15) is 31.2 Å². The molecule has 0 aliphatic rings. The van der Waals surface area contributed by atoms with Gasteiger partial charge in [0.1, 0.15) is 17.8 Å². The summed E-state index contributed by atoms with van der Waals surface area (Å²) in [7, 11) is 0. The van der Waals surface area contributed by atoms with Gasteiger partial charge in [0.15, 0.2) is 0 Å². The number of unbranched alkanes of at least 4 members (excludes halogenated alkanes) is 1. The van der Waals surface area contributed by atoms with Gasteiger partial charge in [-0.3, -0.25) is 9.59 Å². The lowest BCUT2D eigenvalue weighted by Gasteiger charge is -2.06. The van der Waals surface area contributed by atoms with Gasteiger partial charge in [-0.15, -0.1) is 0 Å². The number of anilines is 2. The number of nitrogens with one attached hydrogen (secondary N) is 3. The molecule has 0 fully saturated rings. The summed E-state index contributed by atoms with van der Waals surface area (Å²) in [4.78, 5) is 34.7. The number of aromatic nitrogens is 3. The van der Waals surface area contributed by atoms with E-state index in [1.54, 1.807) is 6.33 Å². The second kappa shape index (κ2) is 11.1. The van der Waals surface area contributed by atoms with Crippen LogP contribution in [0.15, 0.2) is 67.0 Å². The number of nitrogens with zero attached hydrogens (tertiary/aromatic N) is 2. The smallest absolute Gasteiger partial charge is 0.303 e. The maximum Gasteiger partial charge on any atom is 0.303 e. The summed E-state index contributed by atoms with van der Waals surface area (Å²) < 4.78 is 0. The molecule has 2 aromatic heterocycles. The first-order valence-electron chi connectivity index (χ1n) is 11.3. The molecule has 0 saturated carbocycles. The van der Waals surface area contributed by atoms with Crippen molar-refractivity contribution in [1.82, 2.24) is 15.0 Å². The number of carboxylic acids is 1. The van der Waals surface area contributed by atoms with Crippen LogP contribution in [0.5, 0.6) is 0 Å². The first kappa shape index (κ1) is 23.0. The number of aliphatic carboxylic acids is 1. The lowest BCUT2D eigenvalue weighted by atomic mass is 10.1. The highest BCUT2D eigenvalue weighted by atomic mass is 16.4. The summed E-state index contributed by atoms with van der Waals surface area (Å²) in [5, 5.41) is 15.8. The van der Waals surface area contributed by atoms with Gasteiger partial charge < -0.3 is 20.7 Å². The molecule has 1 amide bonds. The molecule has 2 aromatic carbocycles. The topological polar surface area (TPSA) is 120 Å². The minimum Gasteiger partial charge on any atom is -0.481 e. The third kappa shape index (κ3) is 6.19. The van der Waals surface area contributed by atoms with Crippen molar-refractivity contribution in [2.24, 2.45) is 0 Å². The molecule has 34 heavy (non-hydrogen) atoms. The molecule has 4 aromatic rings. The van der Waals surface area contributed by atoms with Crippen molar-refractivity contribution in [2.45, 2.75) is 32.1 Å². The average Bonchev–Trinajstić information content (AvgIpc) is 3.28. The molecule has 4 rings (SSSR count). The van der Waals surface area contributed by atoms with Crippen molar-refractivity contribution < 1.29 is 14.7 Å². The fourth-order valence-corrected chi connectivity index (χ4v) is 3.72. The number of rotatable bonds is 11. The first-order valence-corrected chi connectivity index (χ1v) is 11.3. The summed E-state index contributed by atoms with van der Waals surface area (Å²) >= 11 is 0. The summed E-state index contributed by atoms with van der Waals surface area (Å²) in [5.74, 6) is -0.172. The standard InChI is InChI=1S/C26H27N5O3/c32-23(8-4-5-9-24(33)34)30-20-12-10-19(11-13-20)22-16-21-25(28-17-29-26(21)31-22)27-15-14-18-6-2-1-3-7-18/h1-3,6-7,10-13,16-17H,4-5,8-9,14-15H2,(H,30,32)(H,33,34)(H2,27,28,29,31). The normalized spacial score (nSPS) is 10.8. The van der Waals surface area contributed by atoms with Crippen molar-refractivity contribution in [1.29, 1.82) is 0 Å². The van der Waals surface area contributed by atoms with E-state index in [0.717, 1.165) is 41.1 Å². The highest BCUT2D eigenvalue weighted by Gasteiger charge is 2.10. The van der Waals surface area contributed by atoms with Crippen LogP contribution in [0, 0.1) is 0 Å². The van der Waals surface area contributed by atoms with Gasteiger partial charge in [-0.2, -0.15) is 0 Å². The molecule has 0 saturated heterocycles. The lowest BCUT2D eigenvalue weighted by molar-refractivity contribution is -0.137. The summed E-state index contributed by atoms with van der Waals surface area (Å²) in [6.07, 6.45) is 3.87. The average molecular weight is 458 g/mol. The minimum atomic E-state index is -0.839. The van der Waals surface area contributed by atoms with Crippen LogP contribution in [0.25, 0.3) is 22.3 Å². The Morgan fingerprint density at radius 1 is 0.941 bits per heavy atom. The molecule has 0 radical (unpaired) electrons. The van der Waals surface area contributed by atoms with Crippen molar-refractivity contribution in [2.75, 3.05) is 17.2 Å². The minimum absolute atomic E-state index is 0.0844. The highest BCUT2D eigenvalue weighted by Crippen LogP contribution is 2.27. The van der Waals surface area contributed by atoms with Crippen molar-refractivity contribution in [3.63, 3.8) is 0 Å². The molecule has 8 heteroatoms. The van der Waals surface area contributed by atoms with E-state index in [1.165, 1.54) is 5.56 Å². The molecular weight excluding hydrogens is 430 g/mol. The van der Waals surface area contributed by atoms with E-state index in [1.807, 2.05) is 48.5 Å². The van der Waals surface area contributed by atoms with Gasteiger partial charge in [0.25, 0.3) is 0 Å². The van der Waals surface area contributed by atoms with E-state index in [0.29, 0.717) is 24.9 Å². The van der Waals surface area contributed by atoms with Gasteiger partial charge in [-0.25, -0.2) is 9.97 Å². The Bertz CT molecular complexity index is 1250. The monoisotopic (exact) mass is 457 g/mol. The summed E-state index contributed by atoms with van der Waals surface area (Å²) in [6.45, 7) is 0.765. The fourth-order valence-electron chi connectivity index (χ4n) is 3.72. The van der Waals surface area contributed by atoms with Crippen LogP contribution in [0.4, 0.5) is 11.5 Å². The number of carbonyl (C=O) groups excluding carboxylic acids is 1. The first-order chi connectivity index (χ1) is 16.6. The van der Waals surface area contributed by atoms with Gasteiger partial charge in [-0.1, -0.05) is 42.5 Å². The number of H-pyrrole nitrogens is 1. The Kier molecular flexibility index (Phi) is 7.49. The largest absolute Gasteiger partial charge is 0.481 e. The third-order valence-electron chi connectivity index (χ3n) is 5.50. The van der Waals surface area contributed by atoms with E-state index in [-0.39, 0.29) is 12.3 Å². The van der Waals surface area contributed by atoms with Gasteiger partial charge in [-0.05, 0) is 48.6 Å². The van der Waals surface area contributed by atoms with Gasteiger partial charge in [0.05, 0.1) is 5.39 Å². The van der Waals surface area contributed by atoms with Crippen LogP contribution in [0.2, 0.25) is 0 Å². The van der Waals surface area contributed by atoms with E-state index in [9.17, 15) is 9.59 Å². The summed E-state index contributed by atoms with van der Waals surface area (Å²) in [6, 6.07) is 19.9.